The monoisotopic (exact) mass is 500 g/mol. The van der Waals surface area contributed by atoms with Crippen LogP contribution in [0.3, 0.4) is 0 Å². The lowest BCUT2D eigenvalue weighted by atomic mass is 9.95. The van der Waals surface area contributed by atoms with Crippen molar-refractivity contribution in [1.29, 1.82) is 0 Å². The van der Waals surface area contributed by atoms with Crippen LogP contribution in [0, 0.1) is 30.9 Å². The van der Waals surface area contributed by atoms with Gasteiger partial charge in [-0.25, -0.2) is 14.4 Å². The average Bonchev–Trinajstić information content (AvgIpc) is 3.34. The largest absolute Gasteiger partial charge is 0.372 e. The summed E-state index contributed by atoms with van der Waals surface area (Å²) in [6.07, 6.45) is 7.72. The van der Waals surface area contributed by atoms with Crippen molar-refractivity contribution in [3.05, 3.63) is 63.3 Å². The van der Waals surface area contributed by atoms with Crippen molar-refractivity contribution in [2.45, 2.75) is 63.1 Å². The number of aromatic nitrogens is 3. The van der Waals surface area contributed by atoms with E-state index in [0.717, 1.165) is 6.07 Å². The molecule has 2 fully saturated rings. The highest BCUT2D eigenvalue weighted by molar-refractivity contribution is 5.89. The summed E-state index contributed by atoms with van der Waals surface area (Å²) in [5.74, 6) is -3.15. The number of terminal acetylenes is 1. The summed E-state index contributed by atoms with van der Waals surface area (Å²) in [7, 11) is 0. The van der Waals surface area contributed by atoms with Crippen molar-refractivity contribution < 1.29 is 22.3 Å². The van der Waals surface area contributed by atoms with Crippen molar-refractivity contribution >= 4 is 16.7 Å². The first-order valence-corrected chi connectivity index (χ1v) is 11.7. The van der Waals surface area contributed by atoms with E-state index in [1.807, 2.05) is 6.92 Å². The molecule has 0 spiro atoms. The Morgan fingerprint density at radius 3 is 2.67 bits per heavy atom. The van der Waals surface area contributed by atoms with E-state index in [2.05, 4.69) is 21.2 Å². The number of hydrogen-bond acceptors (Lipinski definition) is 5. The summed E-state index contributed by atoms with van der Waals surface area (Å²) >= 11 is 0. The number of rotatable bonds is 6. The van der Waals surface area contributed by atoms with Crippen LogP contribution < -0.4 is 10.9 Å². The van der Waals surface area contributed by atoms with Crippen LogP contribution in [-0.2, 0) is 16.2 Å². The van der Waals surface area contributed by atoms with Gasteiger partial charge in [0.05, 0.1) is 10.9 Å². The molecule has 1 saturated heterocycles. The van der Waals surface area contributed by atoms with Gasteiger partial charge in [-0.05, 0) is 45.6 Å². The van der Waals surface area contributed by atoms with Crippen LogP contribution >= 0.6 is 0 Å². The SMILES string of the molecule is C#CC(Nc1nc(C)nc2c(F)c(=O)n(C3(C)CC3)cc12)c1cccc(C(F)(F)[C@@H]2CCCO2)c1F. The van der Waals surface area contributed by atoms with Gasteiger partial charge in [-0.3, -0.25) is 4.79 Å². The molecule has 10 heteroatoms. The molecule has 36 heavy (non-hydrogen) atoms. The predicted octanol–water partition coefficient (Wildman–Crippen LogP) is 4.94. The fraction of sp³-hybridized carbons (Fsp3) is 0.423. The maximum absolute atomic E-state index is 15.5. The number of nitrogens with zero attached hydrogens (tertiary/aromatic N) is 3. The Labute approximate surface area is 204 Å². The second-order valence-electron chi connectivity index (χ2n) is 9.57. The minimum absolute atomic E-state index is 0.0630. The van der Waals surface area contributed by atoms with Gasteiger partial charge >= 0.3 is 5.92 Å². The summed E-state index contributed by atoms with van der Waals surface area (Å²) in [6.45, 7) is 3.53. The third kappa shape index (κ3) is 3.91. The molecule has 6 nitrogen and oxygen atoms in total. The second kappa shape index (κ2) is 8.59. The molecule has 0 amide bonds. The number of anilines is 1. The number of nitrogens with one attached hydrogen (secondary N) is 1. The van der Waals surface area contributed by atoms with E-state index in [1.54, 1.807) is 0 Å². The summed E-state index contributed by atoms with van der Waals surface area (Å²) < 4.78 is 67.1. The maximum Gasteiger partial charge on any atom is 0.301 e. The highest BCUT2D eigenvalue weighted by Crippen LogP contribution is 2.43. The first-order chi connectivity index (χ1) is 17.1. The Balaban J connectivity index is 1.58. The second-order valence-corrected chi connectivity index (χ2v) is 9.57. The van der Waals surface area contributed by atoms with Crippen LogP contribution in [0.15, 0.2) is 29.2 Å². The van der Waals surface area contributed by atoms with Gasteiger partial charge in [0.2, 0.25) is 5.82 Å². The van der Waals surface area contributed by atoms with E-state index in [4.69, 9.17) is 11.2 Å². The number of pyridine rings is 1. The first kappa shape index (κ1) is 24.3. The third-order valence-electron chi connectivity index (χ3n) is 6.97. The van der Waals surface area contributed by atoms with Crippen LogP contribution in [0.2, 0.25) is 0 Å². The number of benzene rings is 1. The van der Waals surface area contributed by atoms with Crippen LogP contribution in [0.25, 0.3) is 10.9 Å². The molecule has 0 radical (unpaired) electrons. The minimum Gasteiger partial charge on any atom is -0.372 e. The molecule has 5 rings (SSSR count). The van der Waals surface area contributed by atoms with E-state index in [0.29, 0.717) is 19.3 Å². The Bertz CT molecular complexity index is 1450. The molecule has 2 aliphatic rings. The number of fused-ring (bicyclic) bond motifs is 1. The molecule has 0 bridgehead atoms. The molecule has 3 heterocycles. The molecule has 1 saturated carbocycles. The lowest BCUT2D eigenvalue weighted by Crippen LogP contribution is -2.32. The van der Waals surface area contributed by atoms with Gasteiger partial charge in [0.25, 0.3) is 5.56 Å². The Hall–Kier alpha value is -3.45. The fourth-order valence-corrected chi connectivity index (χ4v) is 4.61. The van der Waals surface area contributed by atoms with E-state index in [-0.39, 0.29) is 41.1 Å². The Morgan fingerprint density at radius 2 is 2.03 bits per heavy atom. The molecule has 1 N–H and O–H groups in total. The molecular weight excluding hydrogens is 476 g/mol. The van der Waals surface area contributed by atoms with Gasteiger partial charge in [0.15, 0.2) is 0 Å². The van der Waals surface area contributed by atoms with E-state index in [1.165, 1.54) is 29.8 Å². The van der Waals surface area contributed by atoms with E-state index < -0.39 is 46.4 Å². The molecule has 1 aromatic carbocycles. The molecule has 1 unspecified atom stereocenters. The molecule has 1 aliphatic heterocycles. The van der Waals surface area contributed by atoms with Gasteiger partial charge in [0, 0.05) is 23.9 Å². The topological polar surface area (TPSA) is 69.0 Å². The zero-order chi connectivity index (χ0) is 25.8. The van der Waals surface area contributed by atoms with Crippen LogP contribution in [0.4, 0.5) is 23.4 Å². The minimum atomic E-state index is -3.55. The Morgan fingerprint density at radius 1 is 1.28 bits per heavy atom. The van der Waals surface area contributed by atoms with Gasteiger partial charge in [-0.15, -0.1) is 6.42 Å². The van der Waals surface area contributed by atoms with Crippen molar-refractivity contribution in [3.8, 4) is 12.3 Å². The summed E-state index contributed by atoms with van der Waals surface area (Å²) in [5.41, 5.74) is -2.52. The highest BCUT2D eigenvalue weighted by Gasteiger charge is 2.46. The molecule has 1 aliphatic carbocycles. The number of halogens is 4. The quantitative estimate of drug-likeness (QED) is 0.384. The van der Waals surface area contributed by atoms with Crippen molar-refractivity contribution in [2.24, 2.45) is 0 Å². The van der Waals surface area contributed by atoms with Crippen LogP contribution in [0.1, 0.15) is 55.6 Å². The van der Waals surface area contributed by atoms with Gasteiger partial charge < -0.3 is 14.6 Å². The van der Waals surface area contributed by atoms with E-state index in [9.17, 15) is 4.79 Å². The standard InChI is InChI=1S/C26H24F4N4O2/c1-4-18(15-7-5-8-17(20(15)27)26(29,30)19-9-6-12-36-19)33-23-16-13-34(25(3)10-11-25)24(35)21(28)22(16)31-14(2)32-23/h1,5,7-8,13,18-19H,6,9-12H2,2-3H3,(H,31,32,33)/t18?,19-/m0/s1. The summed E-state index contributed by atoms with van der Waals surface area (Å²) in [4.78, 5) is 21.0. The zero-order valence-electron chi connectivity index (χ0n) is 19.7. The lowest BCUT2D eigenvalue weighted by Gasteiger charge is -2.25. The normalized spacial score (nSPS) is 19.8. The molecular formula is C26H24F4N4O2. The smallest absolute Gasteiger partial charge is 0.301 e. The van der Waals surface area contributed by atoms with Crippen molar-refractivity contribution in [3.63, 3.8) is 0 Å². The lowest BCUT2D eigenvalue weighted by molar-refractivity contribution is -0.124. The van der Waals surface area contributed by atoms with Crippen LogP contribution in [0.5, 0.6) is 0 Å². The van der Waals surface area contributed by atoms with Crippen molar-refractivity contribution in [1.82, 2.24) is 14.5 Å². The van der Waals surface area contributed by atoms with Crippen LogP contribution in [-0.4, -0.2) is 27.2 Å². The first-order valence-electron chi connectivity index (χ1n) is 11.7. The summed E-state index contributed by atoms with van der Waals surface area (Å²) in [6, 6.07) is 2.41. The van der Waals surface area contributed by atoms with Gasteiger partial charge in [0.1, 0.15) is 35.1 Å². The fourth-order valence-electron chi connectivity index (χ4n) is 4.61. The number of alkyl halides is 2. The van der Waals surface area contributed by atoms with Crippen molar-refractivity contribution in [2.75, 3.05) is 11.9 Å². The average molecular weight is 500 g/mol. The highest BCUT2D eigenvalue weighted by atomic mass is 19.3. The molecule has 2 aromatic heterocycles. The molecule has 2 atom stereocenters. The maximum atomic E-state index is 15.5. The van der Waals surface area contributed by atoms with Gasteiger partial charge in [-0.2, -0.15) is 13.2 Å². The molecule has 188 valence electrons. The Kier molecular flexibility index (Phi) is 5.79. The summed E-state index contributed by atoms with van der Waals surface area (Å²) in [5, 5.41) is 3.05. The number of ether oxygens (including phenoxy) is 1. The van der Waals surface area contributed by atoms with Gasteiger partial charge in [-0.1, -0.05) is 18.1 Å². The third-order valence-corrected chi connectivity index (χ3v) is 6.97. The van der Waals surface area contributed by atoms with E-state index >= 15 is 17.6 Å². The predicted molar refractivity (Wildman–Crippen MR) is 126 cm³/mol. The molecule has 3 aromatic rings. The number of aryl methyl sites for hydroxylation is 1. The number of hydrogen-bond donors (Lipinski definition) is 1. The zero-order valence-corrected chi connectivity index (χ0v) is 19.7.